The lowest BCUT2D eigenvalue weighted by Gasteiger charge is -2.33. The number of hydrogen-bond donors (Lipinski definition) is 1. The van der Waals surface area contributed by atoms with Crippen LogP contribution < -0.4 is 5.32 Å². The van der Waals surface area contributed by atoms with Crippen LogP contribution in [0.15, 0.2) is 12.7 Å². The van der Waals surface area contributed by atoms with Crippen LogP contribution in [0.3, 0.4) is 0 Å². The van der Waals surface area contributed by atoms with Gasteiger partial charge in [-0.25, -0.2) is 4.79 Å². The molecule has 0 aromatic heterocycles. The fourth-order valence-corrected chi connectivity index (χ4v) is 4.99. The molecule has 1 N–H and O–H groups in total. The molecule has 3 heterocycles. The number of fused-ring (bicyclic) bond motifs is 1. The molecule has 0 radical (unpaired) electrons. The highest BCUT2D eigenvalue weighted by Crippen LogP contribution is 2.53. The Kier molecular flexibility index (Phi) is 4.41. The molecule has 3 saturated heterocycles. The van der Waals surface area contributed by atoms with E-state index in [-0.39, 0.29) is 25.7 Å². The van der Waals surface area contributed by atoms with Crippen molar-refractivity contribution in [2.45, 2.75) is 42.5 Å². The van der Waals surface area contributed by atoms with Crippen LogP contribution in [-0.2, 0) is 38.1 Å². The van der Waals surface area contributed by atoms with Gasteiger partial charge in [-0.1, -0.05) is 6.58 Å². The largest absolute Gasteiger partial charge is 0.462 e. The monoisotopic (exact) mass is 361 g/mol. The zero-order valence-electron chi connectivity index (χ0n) is 13.1. The van der Waals surface area contributed by atoms with Gasteiger partial charge in [0.25, 0.3) is 10.1 Å². The number of carbonyl (C=O) groups excluding carboxylic acids is 2. The van der Waals surface area contributed by atoms with Crippen molar-refractivity contribution in [1.29, 1.82) is 0 Å². The standard InChI is InChI=1S/C14H19NO8S/c1-3-10(16)15-4-5-20-11(17)7-21-14(2)9-6-8-12(22-9)13(14)23-24(8,18)19/h3,8-9,12-13H,1,4-7H2,2H3,(H,15,16). The van der Waals surface area contributed by atoms with Crippen LogP contribution >= 0.6 is 0 Å². The van der Waals surface area contributed by atoms with E-state index in [1.165, 1.54) is 0 Å². The van der Waals surface area contributed by atoms with Gasteiger partial charge in [0, 0.05) is 0 Å². The van der Waals surface area contributed by atoms with Crippen molar-refractivity contribution >= 4 is 22.0 Å². The van der Waals surface area contributed by atoms with E-state index in [0.29, 0.717) is 6.42 Å². The van der Waals surface area contributed by atoms with Crippen LogP contribution in [0.1, 0.15) is 13.3 Å². The molecule has 0 spiro atoms. The molecule has 3 aliphatic heterocycles. The summed E-state index contributed by atoms with van der Waals surface area (Å²) in [5, 5.41) is 1.81. The minimum absolute atomic E-state index is 0.00256. The topological polar surface area (TPSA) is 117 Å². The Morgan fingerprint density at radius 1 is 1.46 bits per heavy atom. The van der Waals surface area contributed by atoms with E-state index in [1.807, 2.05) is 0 Å². The smallest absolute Gasteiger partial charge is 0.332 e. The summed E-state index contributed by atoms with van der Waals surface area (Å²) in [5.74, 6) is -0.979. The average Bonchev–Trinajstić information content (AvgIpc) is 3.14. The first-order valence-electron chi connectivity index (χ1n) is 7.55. The number of nitrogens with one attached hydrogen (secondary N) is 1. The zero-order chi connectivity index (χ0) is 17.5. The van der Waals surface area contributed by atoms with Gasteiger partial charge in [0.2, 0.25) is 5.91 Å². The highest BCUT2D eigenvalue weighted by atomic mass is 32.2. The van der Waals surface area contributed by atoms with Gasteiger partial charge < -0.3 is 19.5 Å². The van der Waals surface area contributed by atoms with Gasteiger partial charge in [0.1, 0.15) is 36.3 Å². The first-order chi connectivity index (χ1) is 11.3. The van der Waals surface area contributed by atoms with Crippen LogP contribution in [0.25, 0.3) is 0 Å². The zero-order valence-corrected chi connectivity index (χ0v) is 13.9. The summed E-state index contributed by atoms with van der Waals surface area (Å²) in [6.07, 6.45) is -0.317. The molecule has 1 amide bonds. The second-order valence-corrected chi connectivity index (χ2v) is 7.84. The van der Waals surface area contributed by atoms with E-state index in [9.17, 15) is 18.0 Å². The van der Waals surface area contributed by atoms with E-state index >= 15 is 0 Å². The molecular weight excluding hydrogens is 342 g/mol. The summed E-state index contributed by atoms with van der Waals surface area (Å²) < 4.78 is 45.1. The van der Waals surface area contributed by atoms with E-state index in [2.05, 4.69) is 11.9 Å². The van der Waals surface area contributed by atoms with Gasteiger partial charge in [-0.2, -0.15) is 8.42 Å². The SMILES string of the molecule is C=CC(=O)NCCOC(=O)COC1(C)C2CC3C(O2)C1OS3(=O)=O. The lowest BCUT2D eigenvalue weighted by atomic mass is 9.83. The summed E-state index contributed by atoms with van der Waals surface area (Å²) in [6, 6.07) is 0. The first-order valence-corrected chi connectivity index (χ1v) is 9.02. The molecule has 5 atom stereocenters. The summed E-state index contributed by atoms with van der Waals surface area (Å²) in [5.41, 5.74) is -1.01. The lowest BCUT2D eigenvalue weighted by Crippen LogP contribution is -2.51. The Balaban J connectivity index is 1.48. The van der Waals surface area contributed by atoms with Crippen molar-refractivity contribution in [2.24, 2.45) is 0 Å². The van der Waals surface area contributed by atoms with Crippen LogP contribution in [-0.4, -0.2) is 69.2 Å². The Hall–Kier alpha value is -1.49. The minimum atomic E-state index is -3.64. The number of amides is 1. The molecule has 2 bridgehead atoms. The van der Waals surface area contributed by atoms with Crippen molar-refractivity contribution < 1.29 is 36.4 Å². The Morgan fingerprint density at radius 3 is 2.92 bits per heavy atom. The Labute approximate surface area is 139 Å². The second-order valence-electron chi connectivity index (χ2n) is 6.06. The van der Waals surface area contributed by atoms with Crippen LogP contribution in [0.2, 0.25) is 0 Å². The van der Waals surface area contributed by atoms with Crippen LogP contribution in [0.5, 0.6) is 0 Å². The molecule has 3 rings (SSSR count). The molecule has 24 heavy (non-hydrogen) atoms. The van der Waals surface area contributed by atoms with Gasteiger partial charge in [-0.3, -0.25) is 8.98 Å². The summed E-state index contributed by atoms with van der Waals surface area (Å²) in [6.45, 7) is 4.77. The predicted molar refractivity (Wildman–Crippen MR) is 79.4 cm³/mol. The number of esters is 1. The maximum Gasteiger partial charge on any atom is 0.332 e. The predicted octanol–water partition coefficient (Wildman–Crippen LogP) is -1.12. The normalized spacial score (nSPS) is 38.0. The van der Waals surface area contributed by atoms with E-state index in [0.717, 1.165) is 6.08 Å². The Morgan fingerprint density at radius 2 is 2.21 bits per heavy atom. The van der Waals surface area contributed by atoms with Crippen LogP contribution in [0.4, 0.5) is 0 Å². The molecule has 3 fully saturated rings. The van der Waals surface area contributed by atoms with Crippen molar-refractivity contribution in [3.63, 3.8) is 0 Å². The van der Waals surface area contributed by atoms with Gasteiger partial charge >= 0.3 is 5.97 Å². The third-order valence-electron chi connectivity index (χ3n) is 4.60. The third kappa shape index (κ3) is 2.83. The summed E-state index contributed by atoms with van der Waals surface area (Å²) in [4.78, 5) is 22.6. The van der Waals surface area contributed by atoms with Gasteiger partial charge in [-0.15, -0.1) is 0 Å². The van der Waals surface area contributed by atoms with Crippen molar-refractivity contribution in [2.75, 3.05) is 19.8 Å². The summed E-state index contributed by atoms with van der Waals surface area (Å²) >= 11 is 0. The lowest BCUT2D eigenvalue weighted by molar-refractivity contribution is -0.163. The molecule has 5 unspecified atom stereocenters. The van der Waals surface area contributed by atoms with Gasteiger partial charge in [-0.05, 0) is 19.4 Å². The molecule has 10 heteroatoms. The third-order valence-corrected chi connectivity index (χ3v) is 6.27. The van der Waals surface area contributed by atoms with E-state index in [4.69, 9.17) is 18.4 Å². The Bertz CT molecular complexity index is 662. The van der Waals surface area contributed by atoms with Crippen molar-refractivity contribution in [3.05, 3.63) is 12.7 Å². The first kappa shape index (κ1) is 17.3. The molecule has 0 aromatic carbocycles. The van der Waals surface area contributed by atoms with Crippen molar-refractivity contribution in [3.8, 4) is 0 Å². The van der Waals surface area contributed by atoms with Crippen molar-refractivity contribution in [1.82, 2.24) is 5.32 Å². The number of rotatable bonds is 7. The van der Waals surface area contributed by atoms with E-state index < -0.39 is 45.3 Å². The molecule has 9 nitrogen and oxygen atoms in total. The van der Waals surface area contributed by atoms with Gasteiger partial charge in [0.05, 0.1) is 12.6 Å². The molecular formula is C14H19NO8S. The minimum Gasteiger partial charge on any atom is -0.462 e. The van der Waals surface area contributed by atoms with Gasteiger partial charge in [0.15, 0.2) is 0 Å². The van der Waals surface area contributed by atoms with Crippen LogP contribution in [0, 0.1) is 0 Å². The maximum absolute atomic E-state index is 11.9. The molecule has 3 aliphatic rings. The fourth-order valence-electron chi connectivity index (χ4n) is 3.31. The maximum atomic E-state index is 11.9. The average molecular weight is 361 g/mol. The summed E-state index contributed by atoms with van der Waals surface area (Å²) in [7, 11) is -3.64. The molecule has 134 valence electrons. The fraction of sp³-hybridized carbons (Fsp3) is 0.714. The number of hydrogen-bond acceptors (Lipinski definition) is 8. The highest BCUT2D eigenvalue weighted by Gasteiger charge is 2.71. The quantitative estimate of drug-likeness (QED) is 0.262. The molecule has 0 aromatic rings. The van der Waals surface area contributed by atoms with E-state index in [1.54, 1.807) is 6.92 Å². The highest BCUT2D eigenvalue weighted by molar-refractivity contribution is 7.87. The number of ether oxygens (including phenoxy) is 3. The molecule has 0 saturated carbocycles. The number of carbonyl (C=O) groups is 2. The second kappa shape index (κ2) is 6.10. The molecule has 0 aliphatic carbocycles.